The summed E-state index contributed by atoms with van der Waals surface area (Å²) >= 11 is 0. The van der Waals surface area contributed by atoms with Crippen LogP contribution in [0.25, 0.3) is 11.1 Å². The summed E-state index contributed by atoms with van der Waals surface area (Å²) < 4.78 is 27.1. The molecular formula is C17H12F2N2O. The minimum absolute atomic E-state index is 0.185. The molecule has 0 unspecified atom stereocenters. The van der Waals surface area contributed by atoms with Gasteiger partial charge in [-0.25, -0.2) is 13.8 Å². The van der Waals surface area contributed by atoms with Crippen LogP contribution in [0, 0.1) is 11.6 Å². The number of para-hydroxylation sites is 1. The molecule has 0 fully saturated rings. The molecule has 0 amide bonds. The first-order valence-electron chi connectivity index (χ1n) is 6.60. The molecule has 3 nitrogen and oxygen atoms in total. The van der Waals surface area contributed by atoms with Gasteiger partial charge < -0.3 is 10.4 Å². The van der Waals surface area contributed by atoms with Crippen molar-refractivity contribution in [3.8, 4) is 16.9 Å². The maximum absolute atomic E-state index is 13.6. The molecule has 0 saturated heterocycles. The molecule has 0 aliphatic rings. The summed E-state index contributed by atoms with van der Waals surface area (Å²) in [6.07, 6.45) is 1.59. The molecule has 3 aromatic rings. The Labute approximate surface area is 125 Å². The molecule has 1 aromatic heterocycles. The minimum atomic E-state index is -0.676. The second-order valence-corrected chi connectivity index (χ2v) is 4.70. The van der Waals surface area contributed by atoms with E-state index >= 15 is 0 Å². The first-order valence-corrected chi connectivity index (χ1v) is 6.60. The molecule has 5 heteroatoms. The normalized spacial score (nSPS) is 10.5. The summed E-state index contributed by atoms with van der Waals surface area (Å²) in [6.45, 7) is 0. The third kappa shape index (κ3) is 2.88. The molecular weight excluding hydrogens is 286 g/mol. The Balaban J connectivity index is 1.84. The Kier molecular flexibility index (Phi) is 3.70. The fourth-order valence-corrected chi connectivity index (χ4v) is 2.04. The number of pyridine rings is 1. The van der Waals surface area contributed by atoms with Crippen molar-refractivity contribution in [1.29, 1.82) is 0 Å². The van der Waals surface area contributed by atoms with Gasteiger partial charge in [0.1, 0.15) is 28.9 Å². The molecule has 0 aliphatic heterocycles. The van der Waals surface area contributed by atoms with E-state index in [1.807, 2.05) is 0 Å². The Bertz CT molecular complexity index is 767. The maximum Gasteiger partial charge on any atom is 0.149 e. The van der Waals surface area contributed by atoms with Crippen molar-refractivity contribution >= 4 is 11.5 Å². The molecule has 22 heavy (non-hydrogen) atoms. The highest BCUT2D eigenvalue weighted by Gasteiger charge is 2.09. The zero-order chi connectivity index (χ0) is 15.5. The van der Waals surface area contributed by atoms with Crippen LogP contribution in [0.5, 0.6) is 5.75 Å². The summed E-state index contributed by atoms with van der Waals surface area (Å²) in [7, 11) is 0. The number of aromatic hydroxyl groups is 1. The Morgan fingerprint density at radius 3 is 2.05 bits per heavy atom. The van der Waals surface area contributed by atoms with Gasteiger partial charge in [0, 0.05) is 11.8 Å². The van der Waals surface area contributed by atoms with Crippen molar-refractivity contribution in [3.63, 3.8) is 0 Å². The Morgan fingerprint density at radius 2 is 1.45 bits per heavy atom. The summed E-state index contributed by atoms with van der Waals surface area (Å²) in [6, 6.07) is 13.7. The van der Waals surface area contributed by atoms with Crippen molar-refractivity contribution in [2.75, 3.05) is 5.32 Å². The zero-order valence-corrected chi connectivity index (χ0v) is 11.4. The number of nitrogens with one attached hydrogen (secondary N) is 1. The van der Waals surface area contributed by atoms with Gasteiger partial charge in [-0.1, -0.05) is 18.2 Å². The molecule has 2 aromatic carbocycles. The van der Waals surface area contributed by atoms with E-state index in [0.717, 1.165) is 11.1 Å². The quantitative estimate of drug-likeness (QED) is 0.749. The summed E-state index contributed by atoms with van der Waals surface area (Å²) in [5.74, 6) is -0.828. The van der Waals surface area contributed by atoms with Gasteiger partial charge in [0.15, 0.2) is 0 Å². The molecule has 0 atom stereocenters. The maximum atomic E-state index is 13.6. The predicted molar refractivity (Wildman–Crippen MR) is 81.0 cm³/mol. The van der Waals surface area contributed by atoms with Gasteiger partial charge in [-0.05, 0) is 42.0 Å². The fraction of sp³-hybridized carbons (Fsp3) is 0. The van der Waals surface area contributed by atoms with E-state index in [1.165, 1.54) is 18.2 Å². The van der Waals surface area contributed by atoms with Crippen LogP contribution in [0.15, 0.2) is 60.8 Å². The standard InChI is InChI=1S/C17H12F2N2O/c18-14-2-1-3-15(19)17(14)21-16-9-6-12(10-20-16)11-4-7-13(22)8-5-11/h1-10,22H,(H,20,21). The van der Waals surface area contributed by atoms with Gasteiger partial charge in [0.2, 0.25) is 0 Å². The van der Waals surface area contributed by atoms with Crippen molar-refractivity contribution < 1.29 is 13.9 Å². The van der Waals surface area contributed by atoms with Gasteiger partial charge in [-0.2, -0.15) is 0 Å². The molecule has 2 N–H and O–H groups in total. The van der Waals surface area contributed by atoms with Crippen molar-refractivity contribution in [1.82, 2.24) is 4.98 Å². The average Bonchev–Trinajstić information content (AvgIpc) is 2.53. The number of aromatic nitrogens is 1. The number of phenolic OH excluding ortho intramolecular Hbond substituents is 1. The smallest absolute Gasteiger partial charge is 0.149 e. The molecule has 0 spiro atoms. The monoisotopic (exact) mass is 298 g/mol. The highest BCUT2D eigenvalue weighted by Crippen LogP contribution is 2.25. The lowest BCUT2D eigenvalue weighted by molar-refractivity contribution is 0.475. The molecule has 0 saturated carbocycles. The van der Waals surface area contributed by atoms with E-state index in [-0.39, 0.29) is 11.4 Å². The third-order valence-corrected chi connectivity index (χ3v) is 3.18. The molecule has 1 heterocycles. The number of phenols is 1. The second-order valence-electron chi connectivity index (χ2n) is 4.70. The van der Waals surface area contributed by atoms with Crippen molar-refractivity contribution in [2.24, 2.45) is 0 Å². The van der Waals surface area contributed by atoms with Crippen LogP contribution < -0.4 is 5.32 Å². The highest BCUT2D eigenvalue weighted by molar-refractivity contribution is 5.66. The molecule has 3 rings (SSSR count). The van der Waals surface area contributed by atoms with Gasteiger partial charge >= 0.3 is 0 Å². The van der Waals surface area contributed by atoms with Gasteiger partial charge in [0.05, 0.1) is 0 Å². The number of benzene rings is 2. The first-order chi connectivity index (χ1) is 10.6. The van der Waals surface area contributed by atoms with E-state index in [1.54, 1.807) is 42.6 Å². The summed E-state index contributed by atoms with van der Waals surface area (Å²) in [4.78, 5) is 4.15. The summed E-state index contributed by atoms with van der Waals surface area (Å²) in [5.41, 5.74) is 1.49. The predicted octanol–water partition coefficient (Wildman–Crippen LogP) is 4.48. The van der Waals surface area contributed by atoms with E-state index in [4.69, 9.17) is 0 Å². The van der Waals surface area contributed by atoms with Crippen LogP contribution in [0.2, 0.25) is 0 Å². The van der Waals surface area contributed by atoms with Gasteiger partial charge in [0.25, 0.3) is 0 Å². The number of hydrogen-bond donors (Lipinski definition) is 2. The van der Waals surface area contributed by atoms with E-state index < -0.39 is 11.6 Å². The zero-order valence-electron chi connectivity index (χ0n) is 11.4. The minimum Gasteiger partial charge on any atom is -0.508 e. The van der Waals surface area contributed by atoms with Crippen LogP contribution in [0.1, 0.15) is 0 Å². The number of rotatable bonds is 3. The Hall–Kier alpha value is -2.95. The number of hydrogen-bond acceptors (Lipinski definition) is 3. The largest absolute Gasteiger partial charge is 0.508 e. The highest BCUT2D eigenvalue weighted by atomic mass is 19.1. The lowest BCUT2D eigenvalue weighted by Gasteiger charge is -2.08. The van der Waals surface area contributed by atoms with Crippen LogP contribution in [0.3, 0.4) is 0 Å². The number of anilines is 2. The third-order valence-electron chi connectivity index (χ3n) is 3.18. The molecule has 0 aliphatic carbocycles. The lowest BCUT2D eigenvalue weighted by atomic mass is 10.1. The first kappa shape index (κ1) is 14.0. The molecule has 0 radical (unpaired) electrons. The summed E-state index contributed by atoms with van der Waals surface area (Å²) in [5, 5.41) is 11.9. The molecule has 0 bridgehead atoms. The van der Waals surface area contributed by atoms with Crippen LogP contribution in [-0.2, 0) is 0 Å². The average molecular weight is 298 g/mol. The number of halogens is 2. The van der Waals surface area contributed by atoms with Crippen LogP contribution in [0.4, 0.5) is 20.3 Å². The SMILES string of the molecule is Oc1ccc(-c2ccc(Nc3c(F)cccc3F)nc2)cc1. The van der Waals surface area contributed by atoms with Gasteiger partial charge in [-0.15, -0.1) is 0 Å². The number of nitrogens with zero attached hydrogens (tertiary/aromatic N) is 1. The lowest BCUT2D eigenvalue weighted by Crippen LogP contribution is -1.99. The topological polar surface area (TPSA) is 45.1 Å². The fourth-order valence-electron chi connectivity index (χ4n) is 2.04. The van der Waals surface area contributed by atoms with Crippen molar-refractivity contribution in [2.45, 2.75) is 0 Å². The molecule has 110 valence electrons. The van der Waals surface area contributed by atoms with E-state index in [0.29, 0.717) is 5.82 Å². The van der Waals surface area contributed by atoms with Gasteiger partial charge in [-0.3, -0.25) is 0 Å². The van der Waals surface area contributed by atoms with Crippen molar-refractivity contribution in [3.05, 3.63) is 72.4 Å². The Morgan fingerprint density at radius 1 is 0.818 bits per heavy atom. The van der Waals surface area contributed by atoms with Crippen LogP contribution in [-0.4, -0.2) is 10.1 Å². The second kappa shape index (κ2) is 5.81. The van der Waals surface area contributed by atoms with E-state index in [2.05, 4.69) is 10.3 Å². The van der Waals surface area contributed by atoms with E-state index in [9.17, 15) is 13.9 Å². The van der Waals surface area contributed by atoms with Crippen LogP contribution >= 0.6 is 0 Å².